The van der Waals surface area contributed by atoms with Gasteiger partial charge in [-0.1, -0.05) is 30.3 Å². The lowest BCUT2D eigenvalue weighted by Crippen LogP contribution is -2.27. The van der Waals surface area contributed by atoms with Crippen LogP contribution in [0.2, 0.25) is 0 Å². The first-order chi connectivity index (χ1) is 14.8. The summed E-state index contributed by atoms with van der Waals surface area (Å²) in [5, 5.41) is 3.41. The molecule has 1 aliphatic heterocycles. The summed E-state index contributed by atoms with van der Waals surface area (Å²) in [4.78, 5) is 22.2. The number of aromatic nitrogens is 2. The summed E-state index contributed by atoms with van der Waals surface area (Å²) in [6, 6.07) is 9.85. The van der Waals surface area contributed by atoms with Gasteiger partial charge in [-0.15, -0.1) is 12.4 Å². The van der Waals surface area contributed by atoms with E-state index < -0.39 is 11.6 Å². The van der Waals surface area contributed by atoms with Gasteiger partial charge in [0, 0.05) is 6.42 Å². The van der Waals surface area contributed by atoms with Crippen LogP contribution in [0.5, 0.6) is 5.75 Å². The zero-order valence-corrected chi connectivity index (χ0v) is 20.5. The monoisotopic (exact) mass is 461 g/mol. The fourth-order valence-electron chi connectivity index (χ4n) is 3.82. The number of esters is 1. The Morgan fingerprint density at radius 1 is 1.12 bits per heavy atom. The highest BCUT2D eigenvalue weighted by molar-refractivity contribution is 5.90. The van der Waals surface area contributed by atoms with Crippen molar-refractivity contribution in [3.8, 4) is 5.75 Å². The molecule has 2 heterocycles. The number of nitrogens with one attached hydrogen (secondary N) is 1. The number of aryl methyl sites for hydroxylation is 2. The van der Waals surface area contributed by atoms with Gasteiger partial charge in [0.15, 0.2) is 11.4 Å². The molecular formula is C25H36ClN3O3. The number of ether oxygens (including phenoxy) is 2. The Bertz CT molecular complexity index is 863. The fraction of sp³-hybridized carbons (Fsp3) is 0.560. The summed E-state index contributed by atoms with van der Waals surface area (Å²) in [6.45, 7) is 9.98. The predicted octanol–water partition coefficient (Wildman–Crippen LogP) is 5.06. The molecule has 1 aromatic carbocycles. The highest BCUT2D eigenvalue weighted by Gasteiger charge is 2.25. The minimum absolute atomic E-state index is 0. The number of piperidine rings is 1. The number of hydrogen-bond acceptors (Lipinski definition) is 6. The highest BCUT2D eigenvalue weighted by Crippen LogP contribution is 2.26. The van der Waals surface area contributed by atoms with Gasteiger partial charge in [0.1, 0.15) is 18.0 Å². The first-order valence-electron chi connectivity index (χ1n) is 11.3. The molecule has 7 heteroatoms. The predicted molar refractivity (Wildman–Crippen MR) is 128 cm³/mol. The highest BCUT2D eigenvalue weighted by atomic mass is 35.5. The van der Waals surface area contributed by atoms with Crippen molar-refractivity contribution in [1.29, 1.82) is 0 Å². The van der Waals surface area contributed by atoms with E-state index in [4.69, 9.17) is 9.47 Å². The summed E-state index contributed by atoms with van der Waals surface area (Å²) in [5.74, 6) is 1.38. The molecule has 1 N–H and O–H groups in total. The van der Waals surface area contributed by atoms with E-state index in [9.17, 15) is 4.79 Å². The Morgan fingerprint density at radius 2 is 1.81 bits per heavy atom. The Morgan fingerprint density at radius 3 is 2.47 bits per heavy atom. The van der Waals surface area contributed by atoms with E-state index in [2.05, 4.69) is 15.3 Å². The second-order valence-corrected chi connectivity index (χ2v) is 9.26. The quantitative estimate of drug-likeness (QED) is 0.553. The van der Waals surface area contributed by atoms with Crippen molar-refractivity contribution >= 4 is 18.4 Å². The molecule has 0 radical (unpaired) electrons. The van der Waals surface area contributed by atoms with Crippen LogP contribution < -0.4 is 10.1 Å². The molecule has 2 aromatic rings. The molecule has 1 fully saturated rings. The Labute approximate surface area is 197 Å². The standard InChI is InChI=1S/C25H35N3O3.ClH/c1-18-23(30-17-20-9-6-5-7-10-20)22(24(29)31-25(2,3)4)28-21(27-18)12-8-11-19-13-15-26-16-14-19;/h5-7,9-10,19,26H,8,11-17H2,1-4H3;1H. The lowest BCUT2D eigenvalue weighted by molar-refractivity contribution is 0.00573. The number of halogens is 1. The fourth-order valence-corrected chi connectivity index (χ4v) is 3.82. The lowest BCUT2D eigenvalue weighted by Gasteiger charge is -2.22. The molecular weight excluding hydrogens is 426 g/mol. The van der Waals surface area contributed by atoms with E-state index >= 15 is 0 Å². The molecule has 1 aliphatic rings. The summed E-state index contributed by atoms with van der Waals surface area (Å²) < 4.78 is 11.6. The molecule has 0 bridgehead atoms. The van der Waals surface area contributed by atoms with Crippen LogP contribution in [0.15, 0.2) is 30.3 Å². The molecule has 32 heavy (non-hydrogen) atoms. The Hall–Kier alpha value is -2.18. The lowest BCUT2D eigenvalue weighted by atomic mass is 9.92. The minimum Gasteiger partial charge on any atom is -0.484 e. The topological polar surface area (TPSA) is 73.3 Å². The van der Waals surface area contributed by atoms with Crippen LogP contribution >= 0.6 is 12.4 Å². The van der Waals surface area contributed by atoms with Gasteiger partial charge in [0.2, 0.25) is 0 Å². The van der Waals surface area contributed by atoms with E-state index in [1.807, 2.05) is 58.0 Å². The number of carbonyl (C=O) groups is 1. The average molecular weight is 462 g/mol. The molecule has 0 aliphatic carbocycles. The van der Waals surface area contributed by atoms with Crippen LogP contribution in [-0.4, -0.2) is 34.6 Å². The molecule has 176 valence electrons. The van der Waals surface area contributed by atoms with Crippen LogP contribution in [0.4, 0.5) is 0 Å². The first kappa shape index (κ1) is 26.1. The third-order valence-electron chi connectivity index (χ3n) is 5.37. The zero-order valence-electron chi connectivity index (χ0n) is 19.6. The number of carbonyl (C=O) groups excluding carboxylic acids is 1. The normalized spacial score (nSPS) is 14.5. The second kappa shape index (κ2) is 12.2. The van der Waals surface area contributed by atoms with Gasteiger partial charge in [-0.2, -0.15) is 0 Å². The smallest absolute Gasteiger partial charge is 0.361 e. The van der Waals surface area contributed by atoms with Crippen molar-refractivity contribution in [2.75, 3.05) is 13.1 Å². The van der Waals surface area contributed by atoms with E-state index in [0.717, 1.165) is 43.8 Å². The molecule has 0 unspecified atom stereocenters. The SMILES string of the molecule is Cc1nc(CCCC2CCNCC2)nc(C(=O)OC(C)(C)C)c1OCc1ccccc1.Cl. The molecule has 3 rings (SSSR count). The van der Waals surface area contributed by atoms with Gasteiger partial charge in [-0.05, 0) is 77.9 Å². The van der Waals surface area contributed by atoms with Crippen molar-refractivity contribution in [3.63, 3.8) is 0 Å². The maximum atomic E-state index is 12.9. The van der Waals surface area contributed by atoms with Crippen LogP contribution in [0.3, 0.4) is 0 Å². The van der Waals surface area contributed by atoms with Crippen LogP contribution in [-0.2, 0) is 17.8 Å². The van der Waals surface area contributed by atoms with Crippen LogP contribution in [0, 0.1) is 12.8 Å². The van der Waals surface area contributed by atoms with Gasteiger partial charge in [0.25, 0.3) is 0 Å². The minimum atomic E-state index is -0.609. The Balaban J connectivity index is 0.00000363. The molecule has 0 saturated carbocycles. The van der Waals surface area contributed by atoms with Crippen LogP contribution in [0.25, 0.3) is 0 Å². The van der Waals surface area contributed by atoms with Crippen LogP contribution in [0.1, 0.15) is 74.0 Å². The Kier molecular flexibility index (Phi) is 9.91. The summed E-state index contributed by atoms with van der Waals surface area (Å²) in [7, 11) is 0. The first-order valence-corrected chi connectivity index (χ1v) is 11.3. The molecule has 6 nitrogen and oxygen atoms in total. The van der Waals surface area contributed by atoms with E-state index in [0.29, 0.717) is 23.9 Å². The second-order valence-electron chi connectivity index (χ2n) is 9.26. The molecule has 1 aromatic heterocycles. The summed E-state index contributed by atoms with van der Waals surface area (Å²) in [6.07, 6.45) is 5.39. The number of rotatable bonds is 8. The van der Waals surface area contributed by atoms with Gasteiger partial charge >= 0.3 is 5.97 Å². The number of hydrogen-bond donors (Lipinski definition) is 1. The van der Waals surface area contributed by atoms with Crippen molar-refractivity contribution in [2.24, 2.45) is 5.92 Å². The summed E-state index contributed by atoms with van der Waals surface area (Å²) in [5.41, 5.74) is 1.30. The van der Waals surface area contributed by atoms with Crippen molar-refractivity contribution in [2.45, 2.75) is 72.0 Å². The average Bonchev–Trinajstić information content (AvgIpc) is 2.73. The maximum absolute atomic E-state index is 12.9. The largest absolute Gasteiger partial charge is 0.484 e. The van der Waals surface area contributed by atoms with Crippen molar-refractivity contribution in [3.05, 3.63) is 53.1 Å². The molecule has 0 amide bonds. The van der Waals surface area contributed by atoms with E-state index in [1.54, 1.807) is 0 Å². The van der Waals surface area contributed by atoms with Crippen molar-refractivity contribution in [1.82, 2.24) is 15.3 Å². The molecule has 0 atom stereocenters. The summed E-state index contributed by atoms with van der Waals surface area (Å²) >= 11 is 0. The molecule has 1 saturated heterocycles. The van der Waals surface area contributed by atoms with E-state index in [-0.39, 0.29) is 18.1 Å². The maximum Gasteiger partial charge on any atom is 0.361 e. The van der Waals surface area contributed by atoms with Gasteiger partial charge < -0.3 is 14.8 Å². The molecule has 0 spiro atoms. The third-order valence-corrected chi connectivity index (χ3v) is 5.37. The van der Waals surface area contributed by atoms with Gasteiger partial charge in [-0.25, -0.2) is 14.8 Å². The number of benzene rings is 1. The van der Waals surface area contributed by atoms with Gasteiger partial charge in [-0.3, -0.25) is 0 Å². The van der Waals surface area contributed by atoms with E-state index in [1.165, 1.54) is 12.8 Å². The van der Waals surface area contributed by atoms with Gasteiger partial charge in [0.05, 0.1) is 5.69 Å². The van der Waals surface area contributed by atoms with Crippen molar-refractivity contribution < 1.29 is 14.3 Å². The zero-order chi connectivity index (χ0) is 22.3. The third kappa shape index (κ3) is 8.06. The number of nitrogens with zero attached hydrogens (tertiary/aromatic N) is 2.